The van der Waals surface area contributed by atoms with E-state index in [9.17, 15) is 18.0 Å². The fraction of sp³-hybridized carbons (Fsp3) is 0.474. The summed E-state index contributed by atoms with van der Waals surface area (Å²) in [6.45, 7) is 4.94. The zero-order chi connectivity index (χ0) is 21.7. The van der Waals surface area contributed by atoms with Crippen LogP contribution in [0.5, 0.6) is 0 Å². The van der Waals surface area contributed by atoms with E-state index in [2.05, 4.69) is 4.98 Å². The number of aryl methyl sites for hydroxylation is 1. The summed E-state index contributed by atoms with van der Waals surface area (Å²) in [5.74, 6) is -0.961. The van der Waals surface area contributed by atoms with Crippen molar-refractivity contribution < 1.29 is 26.8 Å². The van der Waals surface area contributed by atoms with Crippen molar-refractivity contribution >= 4 is 10.1 Å². The third kappa shape index (κ3) is 3.98. The lowest BCUT2D eigenvalue weighted by Gasteiger charge is -2.24. The van der Waals surface area contributed by atoms with Crippen molar-refractivity contribution in [2.75, 3.05) is 6.61 Å². The van der Waals surface area contributed by atoms with E-state index in [4.69, 9.17) is 18.4 Å². The van der Waals surface area contributed by atoms with Gasteiger partial charge in [-0.2, -0.15) is 8.42 Å². The van der Waals surface area contributed by atoms with E-state index in [0.717, 1.165) is 5.56 Å². The molecule has 4 atom stereocenters. The monoisotopic (exact) mass is 438 g/mol. The minimum Gasteiger partial charge on any atom is -0.346 e. The molecule has 2 aliphatic heterocycles. The molecule has 1 aromatic heterocycles. The third-order valence-corrected chi connectivity index (χ3v) is 6.24. The van der Waals surface area contributed by atoms with Gasteiger partial charge in [-0.3, -0.25) is 18.5 Å². The van der Waals surface area contributed by atoms with Gasteiger partial charge >= 0.3 is 5.69 Å². The lowest BCUT2D eigenvalue weighted by molar-refractivity contribution is -0.199. The molecule has 1 unspecified atom stereocenters. The van der Waals surface area contributed by atoms with Crippen molar-refractivity contribution in [2.24, 2.45) is 0 Å². The molecule has 1 aromatic carbocycles. The zero-order valence-electron chi connectivity index (χ0n) is 16.6. The summed E-state index contributed by atoms with van der Waals surface area (Å²) in [7, 11) is -4.01. The van der Waals surface area contributed by atoms with Gasteiger partial charge in [0.1, 0.15) is 18.3 Å². The Morgan fingerprint density at radius 1 is 1.10 bits per heavy atom. The number of H-pyrrole nitrogens is 1. The second kappa shape index (κ2) is 7.43. The van der Waals surface area contributed by atoms with Crippen molar-refractivity contribution in [3.63, 3.8) is 0 Å². The average Bonchev–Trinajstić information content (AvgIpc) is 3.14. The Bertz CT molecular complexity index is 1150. The van der Waals surface area contributed by atoms with Crippen LogP contribution in [0, 0.1) is 6.92 Å². The predicted molar refractivity (Wildman–Crippen MR) is 103 cm³/mol. The number of hydrogen-bond donors (Lipinski definition) is 1. The smallest absolute Gasteiger partial charge is 0.330 e. The number of benzene rings is 1. The first kappa shape index (κ1) is 20.9. The molecule has 162 valence electrons. The van der Waals surface area contributed by atoms with Crippen molar-refractivity contribution in [1.29, 1.82) is 0 Å². The summed E-state index contributed by atoms with van der Waals surface area (Å²) in [4.78, 5) is 25.8. The van der Waals surface area contributed by atoms with Crippen LogP contribution in [0.15, 0.2) is 51.0 Å². The minimum atomic E-state index is -4.01. The van der Waals surface area contributed by atoms with E-state index in [0.29, 0.717) is 0 Å². The van der Waals surface area contributed by atoms with Crippen LogP contribution in [0.3, 0.4) is 0 Å². The normalized spacial score (nSPS) is 27.8. The standard InChI is InChI=1S/C19H22N2O8S/c1-11-4-6-12(7-5-11)30(24,25)26-10-13-15-16(29-19(2,3)28-15)17(27-13)21-9-8-14(22)20-18(21)23/h4-9,13,15-17H,10H2,1-3H3,(H,20,22,23)/t13-,15?,16+,17-/m1/s1. The summed E-state index contributed by atoms with van der Waals surface area (Å²) >= 11 is 0. The van der Waals surface area contributed by atoms with Crippen LogP contribution in [0.2, 0.25) is 0 Å². The summed E-state index contributed by atoms with van der Waals surface area (Å²) in [6.07, 6.45) is -1.81. The highest BCUT2D eigenvalue weighted by Crippen LogP contribution is 2.42. The Balaban J connectivity index is 1.57. The maximum absolute atomic E-state index is 12.5. The lowest BCUT2D eigenvalue weighted by atomic mass is 10.1. The highest BCUT2D eigenvalue weighted by molar-refractivity contribution is 7.86. The molecular formula is C19H22N2O8S. The second-order valence-electron chi connectivity index (χ2n) is 7.70. The average molecular weight is 438 g/mol. The van der Waals surface area contributed by atoms with Gasteiger partial charge in [-0.1, -0.05) is 17.7 Å². The number of nitrogens with zero attached hydrogens (tertiary/aromatic N) is 1. The van der Waals surface area contributed by atoms with E-state index in [1.807, 2.05) is 6.92 Å². The Kier molecular flexibility index (Phi) is 5.19. The number of fused-ring (bicyclic) bond motifs is 1. The molecule has 0 saturated carbocycles. The van der Waals surface area contributed by atoms with Gasteiger partial charge in [-0.05, 0) is 32.9 Å². The molecule has 4 rings (SSSR count). The SMILES string of the molecule is Cc1ccc(S(=O)(=O)OC[C@H]2O[C@@H](n3ccc(=O)[nH]c3=O)[C@H]3OC(C)(C)OC23)cc1. The molecule has 1 N–H and O–H groups in total. The van der Waals surface area contributed by atoms with Gasteiger partial charge in [-0.25, -0.2) is 4.79 Å². The van der Waals surface area contributed by atoms with E-state index < -0.39 is 51.7 Å². The van der Waals surface area contributed by atoms with Gasteiger partial charge in [0.25, 0.3) is 15.7 Å². The van der Waals surface area contributed by atoms with Crippen LogP contribution in [0.25, 0.3) is 0 Å². The minimum absolute atomic E-state index is 0.0278. The molecular weight excluding hydrogens is 416 g/mol. The summed E-state index contributed by atoms with van der Waals surface area (Å²) < 4.78 is 49.1. The van der Waals surface area contributed by atoms with Crippen LogP contribution in [0.4, 0.5) is 0 Å². The van der Waals surface area contributed by atoms with E-state index in [1.165, 1.54) is 29.0 Å². The number of hydrogen-bond acceptors (Lipinski definition) is 8. The quantitative estimate of drug-likeness (QED) is 0.675. The fourth-order valence-electron chi connectivity index (χ4n) is 3.57. The number of ether oxygens (including phenoxy) is 3. The molecule has 2 fully saturated rings. The molecule has 0 bridgehead atoms. The highest BCUT2D eigenvalue weighted by atomic mass is 32.2. The predicted octanol–water partition coefficient (Wildman–Crippen LogP) is 0.668. The fourth-order valence-corrected chi connectivity index (χ4v) is 4.49. The summed E-state index contributed by atoms with van der Waals surface area (Å²) in [6, 6.07) is 7.46. The number of aromatic nitrogens is 2. The molecule has 11 heteroatoms. The van der Waals surface area contributed by atoms with Gasteiger partial charge in [0.05, 0.1) is 11.5 Å². The van der Waals surface area contributed by atoms with Crippen LogP contribution < -0.4 is 11.2 Å². The third-order valence-electron chi connectivity index (χ3n) is 4.95. The zero-order valence-corrected chi connectivity index (χ0v) is 17.4. The van der Waals surface area contributed by atoms with Crippen LogP contribution in [0.1, 0.15) is 25.6 Å². The number of aromatic amines is 1. The highest BCUT2D eigenvalue weighted by Gasteiger charge is 2.56. The summed E-state index contributed by atoms with van der Waals surface area (Å²) in [5, 5.41) is 0. The topological polar surface area (TPSA) is 126 Å². The van der Waals surface area contributed by atoms with Gasteiger partial charge in [-0.15, -0.1) is 0 Å². The Labute approximate surface area is 172 Å². The van der Waals surface area contributed by atoms with Crippen molar-refractivity contribution in [1.82, 2.24) is 9.55 Å². The maximum Gasteiger partial charge on any atom is 0.330 e. The van der Waals surface area contributed by atoms with Gasteiger partial charge < -0.3 is 14.2 Å². The van der Waals surface area contributed by atoms with Gasteiger partial charge in [0, 0.05) is 12.3 Å². The number of rotatable bonds is 5. The van der Waals surface area contributed by atoms with Crippen molar-refractivity contribution in [2.45, 2.75) is 56.0 Å². The van der Waals surface area contributed by atoms with Crippen molar-refractivity contribution in [3.05, 3.63) is 62.9 Å². The number of nitrogens with one attached hydrogen (secondary N) is 1. The van der Waals surface area contributed by atoms with Crippen LogP contribution in [-0.2, 0) is 28.5 Å². The largest absolute Gasteiger partial charge is 0.346 e. The Morgan fingerprint density at radius 3 is 2.43 bits per heavy atom. The molecule has 30 heavy (non-hydrogen) atoms. The molecule has 0 aliphatic carbocycles. The first-order chi connectivity index (χ1) is 14.1. The van der Waals surface area contributed by atoms with Crippen molar-refractivity contribution in [3.8, 4) is 0 Å². The van der Waals surface area contributed by atoms with E-state index in [-0.39, 0.29) is 11.5 Å². The van der Waals surface area contributed by atoms with E-state index in [1.54, 1.807) is 26.0 Å². The van der Waals surface area contributed by atoms with Gasteiger partial charge in [0.15, 0.2) is 12.0 Å². The first-order valence-electron chi connectivity index (χ1n) is 9.34. The molecule has 0 amide bonds. The maximum atomic E-state index is 12.5. The molecule has 2 saturated heterocycles. The molecule has 2 aliphatic rings. The molecule has 3 heterocycles. The van der Waals surface area contributed by atoms with E-state index >= 15 is 0 Å². The molecule has 10 nitrogen and oxygen atoms in total. The Hall–Kier alpha value is -2.31. The molecule has 0 spiro atoms. The Morgan fingerprint density at radius 2 is 1.77 bits per heavy atom. The molecule has 2 aromatic rings. The lowest BCUT2D eigenvalue weighted by Crippen LogP contribution is -2.37. The van der Waals surface area contributed by atoms with Gasteiger partial charge in [0.2, 0.25) is 0 Å². The van der Waals surface area contributed by atoms with Crippen LogP contribution >= 0.6 is 0 Å². The molecule has 0 radical (unpaired) electrons. The summed E-state index contributed by atoms with van der Waals surface area (Å²) in [5.41, 5.74) is -0.295. The second-order valence-corrected chi connectivity index (χ2v) is 9.31. The first-order valence-corrected chi connectivity index (χ1v) is 10.8. The van der Waals surface area contributed by atoms with Crippen LogP contribution in [-0.4, -0.2) is 48.7 Å².